The Morgan fingerprint density at radius 1 is 0.786 bits per heavy atom. The summed E-state index contributed by atoms with van der Waals surface area (Å²) in [4.78, 5) is 0. The molecule has 4 heteroatoms. The van der Waals surface area contributed by atoms with Crippen molar-refractivity contribution in [2.45, 2.75) is 45.0 Å². The zero-order valence-electron chi connectivity index (χ0n) is 9.97. The third kappa shape index (κ3) is 5.53. The van der Waals surface area contributed by atoms with Crippen molar-refractivity contribution in [3.8, 4) is 0 Å². The molecule has 0 aromatic rings. The Bertz CT molecular complexity index is 114. The first kappa shape index (κ1) is 14.7. The van der Waals surface area contributed by atoms with Gasteiger partial charge in [0.2, 0.25) is 0 Å². The molecule has 0 aliphatic rings. The molecule has 0 heterocycles. The molecule has 0 N–H and O–H groups in total. The summed E-state index contributed by atoms with van der Waals surface area (Å²) in [7, 11) is 0. The van der Waals surface area contributed by atoms with Crippen molar-refractivity contribution in [1.29, 1.82) is 0 Å². The zero-order valence-corrected chi connectivity index (χ0v) is 12.8. The first-order chi connectivity index (χ1) is 6.74. The predicted octanol–water partition coefficient (Wildman–Crippen LogP) is 2.83. The Labute approximate surface area is 93.6 Å². The molecule has 0 aromatic heterocycles. The summed E-state index contributed by atoms with van der Waals surface area (Å²) in [5, 5.41) is 0. The quantitative estimate of drug-likeness (QED) is 0.613. The van der Waals surface area contributed by atoms with Crippen molar-refractivity contribution in [1.82, 2.24) is 0 Å². The molecule has 0 atom stereocenters. The van der Waals surface area contributed by atoms with Gasteiger partial charge in [-0.05, 0) is 0 Å². The van der Waals surface area contributed by atoms with Gasteiger partial charge < -0.3 is 0 Å². The third-order valence-electron chi connectivity index (χ3n) is 1.93. The fourth-order valence-electron chi connectivity index (χ4n) is 1.39. The third-order valence-corrected chi connectivity index (χ3v) is 10.9. The summed E-state index contributed by atoms with van der Waals surface area (Å²) in [6, 6.07) is 0. The Morgan fingerprint density at radius 3 is 1.50 bits per heavy atom. The molecule has 14 heavy (non-hydrogen) atoms. The van der Waals surface area contributed by atoms with Crippen molar-refractivity contribution >= 4 is 19.6 Å². The number of hydrogen-bond acceptors (Lipinski definition) is 3. The first-order valence-corrected chi connectivity index (χ1v) is 11.2. The van der Waals surface area contributed by atoms with Crippen LogP contribution in [0.15, 0.2) is 0 Å². The monoisotopic (exact) mass is 312 g/mol. The molecule has 0 spiro atoms. The van der Waals surface area contributed by atoms with Gasteiger partial charge in [0.25, 0.3) is 0 Å². The van der Waals surface area contributed by atoms with Gasteiger partial charge in [-0.15, -0.1) is 0 Å². The van der Waals surface area contributed by atoms with E-state index in [1.54, 1.807) is 0 Å². The van der Waals surface area contributed by atoms with Gasteiger partial charge in [0.1, 0.15) is 0 Å². The van der Waals surface area contributed by atoms with Crippen LogP contribution in [0.1, 0.15) is 40.5 Å². The topological polar surface area (TPSA) is 27.7 Å². The molecule has 0 bridgehead atoms. The van der Waals surface area contributed by atoms with E-state index in [-0.39, 0.29) is 0 Å². The minimum atomic E-state index is -3.09. The Morgan fingerprint density at radius 2 is 1.21 bits per heavy atom. The van der Waals surface area contributed by atoms with Gasteiger partial charge in [0.05, 0.1) is 0 Å². The van der Waals surface area contributed by atoms with Crippen LogP contribution in [0.4, 0.5) is 0 Å². The van der Waals surface area contributed by atoms with Crippen molar-refractivity contribution in [2.24, 2.45) is 0 Å². The average Bonchev–Trinajstić information content (AvgIpc) is 2.16. The van der Waals surface area contributed by atoms with Gasteiger partial charge >= 0.3 is 93.6 Å². The van der Waals surface area contributed by atoms with Crippen LogP contribution in [0.25, 0.3) is 0 Å². The summed E-state index contributed by atoms with van der Waals surface area (Å²) in [6.07, 6.45) is 2.32. The predicted molar refractivity (Wildman–Crippen MR) is 60.3 cm³/mol. The van der Waals surface area contributed by atoms with Crippen molar-refractivity contribution in [2.75, 3.05) is 19.8 Å². The van der Waals surface area contributed by atoms with Gasteiger partial charge in [-0.3, -0.25) is 0 Å². The number of hydrogen-bond donors (Lipinski definition) is 0. The summed E-state index contributed by atoms with van der Waals surface area (Å²) in [5.74, 6) is 0. The number of rotatable bonds is 9. The van der Waals surface area contributed by atoms with E-state index < -0.39 is 19.6 Å². The van der Waals surface area contributed by atoms with Gasteiger partial charge in [-0.1, -0.05) is 0 Å². The molecule has 0 saturated carbocycles. The van der Waals surface area contributed by atoms with Gasteiger partial charge in [-0.25, -0.2) is 0 Å². The molecule has 0 fully saturated rings. The second kappa shape index (κ2) is 8.94. The molecule has 3 nitrogen and oxygen atoms in total. The molecule has 0 unspecified atom stereocenters. The van der Waals surface area contributed by atoms with E-state index in [0.29, 0.717) is 19.8 Å². The Balaban J connectivity index is 4.21. The van der Waals surface area contributed by atoms with E-state index in [9.17, 15) is 0 Å². The summed E-state index contributed by atoms with van der Waals surface area (Å²) >= 11 is -3.09. The first-order valence-electron chi connectivity index (χ1n) is 5.66. The summed E-state index contributed by atoms with van der Waals surface area (Å²) < 4.78 is 18.3. The van der Waals surface area contributed by atoms with Crippen LogP contribution in [-0.4, -0.2) is 39.4 Å². The summed E-state index contributed by atoms with van der Waals surface area (Å²) in [6.45, 7) is 10.3. The fraction of sp³-hybridized carbons (Fsp3) is 1.00. The second-order valence-electron chi connectivity index (χ2n) is 3.09. The van der Waals surface area contributed by atoms with E-state index in [2.05, 4.69) is 6.92 Å². The molecule has 0 aromatic carbocycles. The van der Waals surface area contributed by atoms with Gasteiger partial charge in [0, 0.05) is 0 Å². The Kier molecular flexibility index (Phi) is 9.38. The fourth-order valence-corrected chi connectivity index (χ4v) is 9.35. The molecule has 0 radical (unpaired) electrons. The van der Waals surface area contributed by atoms with E-state index >= 15 is 0 Å². The second-order valence-corrected chi connectivity index (χ2v) is 10.9. The van der Waals surface area contributed by atoms with Crippen LogP contribution in [0.3, 0.4) is 0 Å². The van der Waals surface area contributed by atoms with Crippen LogP contribution >= 0.6 is 0 Å². The van der Waals surface area contributed by atoms with Crippen molar-refractivity contribution < 1.29 is 9.22 Å². The Hall–Kier alpha value is 0.679. The van der Waals surface area contributed by atoms with Crippen LogP contribution < -0.4 is 0 Å². The number of unbranched alkanes of at least 4 members (excludes halogenated alkanes) is 1. The summed E-state index contributed by atoms with van der Waals surface area (Å²) in [5.41, 5.74) is 0. The molecular weight excluding hydrogens is 287 g/mol. The average molecular weight is 311 g/mol. The molecule has 0 aliphatic heterocycles. The molecule has 0 rings (SSSR count). The molecule has 0 aliphatic carbocycles. The molecular formula is C10H24O3Sn. The van der Waals surface area contributed by atoms with Crippen LogP contribution in [-0.2, 0) is 9.22 Å². The maximum absolute atomic E-state index is 5.78. The molecule has 0 saturated heterocycles. The zero-order chi connectivity index (χ0) is 10.9. The van der Waals surface area contributed by atoms with Crippen molar-refractivity contribution in [3.63, 3.8) is 0 Å². The maximum atomic E-state index is 5.78. The van der Waals surface area contributed by atoms with Gasteiger partial charge in [-0.2, -0.15) is 0 Å². The van der Waals surface area contributed by atoms with Crippen LogP contribution in [0.2, 0.25) is 4.44 Å². The SMILES string of the molecule is CCC[CH2][Sn]([O]CC)([O]CC)[O]CC. The normalized spacial score (nSPS) is 12.0. The van der Waals surface area contributed by atoms with Gasteiger partial charge in [0.15, 0.2) is 0 Å². The van der Waals surface area contributed by atoms with E-state index in [1.165, 1.54) is 6.42 Å². The van der Waals surface area contributed by atoms with Crippen LogP contribution in [0.5, 0.6) is 0 Å². The molecule has 0 amide bonds. The van der Waals surface area contributed by atoms with Crippen molar-refractivity contribution in [3.05, 3.63) is 0 Å². The van der Waals surface area contributed by atoms with Crippen LogP contribution in [0, 0.1) is 0 Å². The van der Waals surface area contributed by atoms with E-state index in [1.807, 2.05) is 20.8 Å². The standard InChI is InChI=1S/C4H9.3C2H5O.Sn/c1-3-4-2;3*1-2-3;/h1,3-4H2,2H3;3*2H2,1H3;/q;3*-1;+3. The van der Waals surface area contributed by atoms with E-state index in [0.717, 1.165) is 10.9 Å². The van der Waals surface area contributed by atoms with E-state index in [4.69, 9.17) is 9.22 Å². The minimum absolute atomic E-state index is 0.708. The molecule has 86 valence electrons.